The summed E-state index contributed by atoms with van der Waals surface area (Å²) in [5.74, 6) is 2.66. The monoisotopic (exact) mass is 258 g/mol. The maximum Gasteiger partial charge on any atom is 0.121 e. The van der Waals surface area contributed by atoms with Crippen LogP contribution in [0.5, 0.6) is 0 Å². The first-order chi connectivity index (χ1) is 9.11. The van der Waals surface area contributed by atoms with E-state index in [9.17, 15) is 0 Å². The standard InChI is InChI=1S/C15H22N4/c1-10(2)11-5-6-19(8-11)9-15-17-13-4-3-12(16)7-14(13)18-15/h3-4,7,10-11H,5-6,8-9,16H2,1-2H3,(H,17,18). The number of aromatic amines is 1. The highest BCUT2D eigenvalue weighted by atomic mass is 15.2. The Hall–Kier alpha value is -1.55. The Kier molecular flexibility index (Phi) is 3.19. The number of hydrogen-bond acceptors (Lipinski definition) is 3. The molecule has 4 heteroatoms. The number of anilines is 1. The minimum Gasteiger partial charge on any atom is -0.399 e. The number of rotatable bonds is 3. The predicted molar refractivity (Wildman–Crippen MR) is 78.7 cm³/mol. The van der Waals surface area contributed by atoms with Crippen LogP contribution >= 0.6 is 0 Å². The number of nitrogens with two attached hydrogens (primary N) is 1. The predicted octanol–water partition coefficient (Wildman–Crippen LogP) is 2.62. The van der Waals surface area contributed by atoms with Crippen molar-refractivity contribution in [3.8, 4) is 0 Å². The van der Waals surface area contributed by atoms with E-state index in [-0.39, 0.29) is 0 Å². The zero-order valence-corrected chi connectivity index (χ0v) is 11.7. The summed E-state index contributed by atoms with van der Waals surface area (Å²) < 4.78 is 0. The molecule has 0 saturated carbocycles. The van der Waals surface area contributed by atoms with Crippen LogP contribution in [-0.4, -0.2) is 28.0 Å². The molecule has 1 aromatic heterocycles. The van der Waals surface area contributed by atoms with Crippen molar-refractivity contribution in [3.05, 3.63) is 24.0 Å². The summed E-state index contributed by atoms with van der Waals surface area (Å²) in [4.78, 5) is 10.5. The smallest absolute Gasteiger partial charge is 0.121 e. The summed E-state index contributed by atoms with van der Waals surface area (Å²) in [7, 11) is 0. The Morgan fingerprint density at radius 1 is 1.47 bits per heavy atom. The third kappa shape index (κ3) is 2.59. The third-order valence-corrected chi connectivity index (χ3v) is 4.18. The molecule has 2 aromatic rings. The van der Waals surface area contributed by atoms with Crippen LogP contribution in [-0.2, 0) is 6.54 Å². The van der Waals surface area contributed by atoms with E-state index in [1.54, 1.807) is 0 Å². The van der Waals surface area contributed by atoms with Crippen LogP contribution in [0, 0.1) is 11.8 Å². The van der Waals surface area contributed by atoms with Crippen LogP contribution in [0.4, 0.5) is 5.69 Å². The number of aromatic nitrogens is 2. The molecule has 0 aliphatic carbocycles. The van der Waals surface area contributed by atoms with Crippen molar-refractivity contribution < 1.29 is 0 Å². The van der Waals surface area contributed by atoms with Crippen molar-refractivity contribution >= 4 is 16.7 Å². The van der Waals surface area contributed by atoms with E-state index < -0.39 is 0 Å². The van der Waals surface area contributed by atoms with E-state index in [2.05, 4.69) is 28.7 Å². The molecule has 19 heavy (non-hydrogen) atoms. The maximum atomic E-state index is 5.79. The largest absolute Gasteiger partial charge is 0.399 e. The fourth-order valence-electron chi connectivity index (χ4n) is 2.92. The van der Waals surface area contributed by atoms with Crippen LogP contribution in [0.15, 0.2) is 18.2 Å². The van der Waals surface area contributed by atoms with Gasteiger partial charge in [0.05, 0.1) is 17.6 Å². The van der Waals surface area contributed by atoms with Gasteiger partial charge in [-0.05, 0) is 43.0 Å². The van der Waals surface area contributed by atoms with Gasteiger partial charge in [0.15, 0.2) is 0 Å². The molecule has 0 radical (unpaired) electrons. The minimum absolute atomic E-state index is 0.778. The Labute approximate surface area is 114 Å². The second kappa shape index (κ2) is 4.85. The number of benzene rings is 1. The average molecular weight is 258 g/mol. The lowest BCUT2D eigenvalue weighted by molar-refractivity contribution is 0.291. The van der Waals surface area contributed by atoms with Gasteiger partial charge in [-0.3, -0.25) is 4.90 Å². The molecule has 0 spiro atoms. The molecule has 1 aliphatic rings. The lowest BCUT2D eigenvalue weighted by Crippen LogP contribution is -2.22. The number of nitrogens with zero attached hydrogens (tertiary/aromatic N) is 2. The van der Waals surface area contributed by atoms with Gasteiger partial charge in [0.1, 0.15) is 5.82 Å². The zero-order valence-electron chi connectivity index (χ0n) is 11.7. The van der Waals surface area contributed by atoms with Gasteiger partial charge >= 0.3 is 0 Å². The van der Waals surface area contributed by atoms with E-state index in [0.717, 1.165) is 40.9 Å². The van der Waals surface area contributed by atoms with Gasteiger partial charge < -0.3 is 10.7 Å². The molecule has 1 fully saturated rings. The van der Waals surface area contributed by atoms with E-state index in [4.69, 9.17) is 5.73 Å². The molecule has 4 nitrogen and oxygen atoms in total. The summed E-state index contributed by atoms with van der Waals surface area (Å²) in [6, 6.07) is 5.83. The summed E-state index contributed by atoms with van der Waals surface area (Å²) in [5, 5.41) is 0. The van der Waals surface area contributed by atoms with Gasteiger partial charge in [-0.15, -0.1) is 0 Å². The summed E-state index contributed by atoms with van der Waals surface area (Å²) >= 11 is 0. The Morgan fingerprint density at radius 3 is 3.05 bits per heavy atom. The molecular formula is C15H22N4. The molecule has 1 aliphatic heterocycles. The van der Waals surface area contributed by atoms with E-state index in [1.165, 1.54) is 19.5 Å². The van der Waals surface area contributed by atoms with Crippen LogP contribution in [0.3, 0.4) is 0 Å². The van der Waals surface area contributed by atoms with Crippen molar-refractivity contribution in [1.29, 1.82) is 0 Å². The van der Waals surface area contributed by atoms with Gasteiger partial charge in [-0.2, -0.15) is 0 Å². The van der Waals surface area contributed by atoms with Crippen molar-refractivity contribution in [2.24, 2.45) is 11.8 Å². The fourth-order valence-corrected chi connectivity index (χ4v) is 2.92. The van der Waals surface area contributed by atoms with Crippen LogP contribution in [0.1, 0.15) is 26.1 Å². The van der Waals surface area contributed by atoms with Crippen molar-refractivity contribution in [3.63, 3.8) is 0 Å². The van der Waals surface area contributed by atoms with Gasteiger partial charge in [0.25, 0.3) is 0 Å². The van der Waals surface area contributed by atoms with Crippen molar-refractivity contribution in [2.45, 2.75) is 26.8 Å². The summed E-state index contributed by atoms with van der Waals surface area (Å²) in [6.07, 6.45) is 1.31. The number of fused-ring (bicyclic) bond motifs is 1. The first kappa shape index (κ1) is 12.5. The topological polar surface area (TPSA) is 57.9 Å². The number of H-pyrrole nitrogens is 1. The molecule has 0 amide bonds. The van der Waals surface area contributed by atoms with E-state index in [1.807, 2.05) is 18.2 Å². The molecular weight excluding hydrogens is 236 g/mol. The number of nitrogen functional groups attached to an aromatic ring is 1. The quantitative estimate of drug-likeness (QED) is 0.832. The molecule has 1 atom stereocenters. The Bertz CT molecular complexity index is 573. The van der Waals surface area contributed by atoms with Crippen LogP contribution < -0.4 is 5.73 Å². The molecule has 3 N–H and O–H groups in total. The normalized spacial score (nSPS) is 20.7. The number of hydrogen-bond donors (Lipinski definition) is 2. The van der Waals surface area contributed by atoms with Crippen LogP contribution in [0.25, 0.3) is 11.0 Å². The lowest BCUT2D eigenvalue weighted by Gasteiger charge is -2.16. The average Bonchev–Trinajstić information content (AvgIpc) is 2.95. The highest BCUT2D eigenvalue weighted by Crippen LogP contribution is 2.25. The number of nitrogens with one attached hydrogen (secondary N) is 1. The highest BCUT2D eigenvalue weighted by Gasteiger charge is 2.25. The minimum atomic E-state index is 0.778. The highest BCUT2D eigenvalue weighted by molar-refractivity contribution is 5.78. The molecule has 1 saturated heterocycles. The van der Waals surface area contributed by atoms with Crippen molar-refractivity contribution in [1.82, 2.24) is 14.9 Å². The molecule has 102 valence electrons. The van der Waals surface area contributed by atoms with E-state index in [0.29, 0.717) is 0 Å². The van der Waals surface area contributed by atoms with Gasteiger partial charge in [0, 0.05) is 12.2 Å². The van der Waals surface area contributed by atoms with Gasteiger partial charge in [-0.1, -0.05) is 13.8 Å². The second-order valence-electron chi connectivity index (χ2n) is 5.99. The van der Waals surface area contributed by atoms with Crippen LogP contribution in [0.2, 0.25) is 0 Å². The third-order valence-electron chi connectivity index (χ3n) is 4.18. The summed E-state index contributed by atoms with van der Waals surface area (Å²) in [5.41, 5.74) is 8.61. The van der Waals surface area contributed by atoms with Gasteiger partial charge in [-0.25, -0.2) is 4.98 Å². The van der Waals surface area contributed by atoms with E-state index >= 15 is 0 Å². The Morgan fingerprint density at radius 2 is 2.32 bits per heavy atom. The molecule has 1 aromatic carbocycles. The zero-order chi connectivity index (χ0) is 13.4. The molecule has 2 heterocycles. The first-order valence-electron chi connectivity index (χ1n) is 7.08. The first-order valence-corrected chi connectivity index (χ1v) is 7.08. The maximum absolute atomic E-state index is 5.79. The van der Waals surface area contributed by atoms with Gasteiger partial charge in [0.2, 0.25) is 0 Å². The lowest BCUT2D eigenvalue weighted by atomic mass is 9.95. The van der Waals surface area contributed by atoms with Crippen molar-refractivity contribution in [2.75, 3.05) is 18.8 Å². The number of likely N-dealkylation sites (tertiary alicyclic amines) is 1. The fraction of sp³-hybridized carbons (Fsp3) is 0.533. The Balaban J connectivity index is 1.72. The molecule has 0 bridgehead atoms. The SMILES string of the molecule is CC(C)C1CCN(Cc2nc3ccc(N)cc3[nH]2)C1. The second-order valence-corrected chi connectivity index (χ2v) is 5.99. The summed E-state index contributed by atoms with van der Waals surface area (Å²) in [6.45, 7) is 7.92. The number of imidazole rings is 1. The molecule has 3 rings (SSSR count). The molecule has 1 unspecified atom stereocenters.